The third kappa shape index (κ3) is 3.18. The number of pyridine rings is 1. The molecular weight excluding hydrogens is 302 g/mol. The van der Waals surface area contributed by atoms with E-state index >= 15 is 0 Å². The highest BCUT2D eigenvalue weighted by Gasteiger charge is 2.27. The van der Waals surface area contributed by atoms with Crippen molar-refractivity contribution < 1.29 is 9.53 Å². The van der Waals surface area contributed by atoms with Gasteiger partial charge in [-0.3, -0.25) is 4.79 Å². The summed E-state index contributed by atoms with van der Waals surface area (Å²) in [7, 11) is 0. The molecule has 2 aromatic rings. The minimum Gasteiger partial charge on any atom is -0.381 e. The first-order valence-corrected chi connectivity index (χ1v) is 9.11. The molecule has 0 aromatic carbocycles. The lowest BCUT2D eigenvalue weighted by atomic mass is 9.90. The Morgan fingerprint density at radius 2 is 2.08 bits per heavy atom. The summed E-state index contributed by atoms with van der Waals surface area (Å²) in [4.78, 5) is 16.9. The van der Waals surface area contributed by atoms with Gasteiger partial charge in [-0.1, -0.05) is 0 Å². The molecule has 2 fully saturated rings. The predicted octanol–water partition coefficient (Wildman–Crippen LogP) is 3.06. The van der Waals surface area contributed by atoms with Gasteiger partial charge in [-0.25, -0.2) is 4.98 Å². The van der Waals surface area contributed by atoms with Crippen molar-refractivity contribution in [1.29, 1.82) is 0 Å². The first-order valence-electron chi connectivity index (χ1n) is 9.11. The van der Waals surface area contributed by atoms with Gasteiger partial charge in [-0.2, -0.15) is 0 Å². The molecule has 1 amide bonds. The van der Waals surface area contributed by atoms with Gasteiger partial charge < -0.3 is 14.6 Å². The summed E-state index contributed by atoms with van der Waals surface area (Å²) in [5, 5.41) is 4.45. The Bertz CT molecular complexity index is 697. The first-order chi connectivity index (χ1) is 11.8. The van der Waals surface area contributed by atoms with Gasteiger partial charge in [0.1, 0.15) is 5.65 Å². The quantitative estimate of drug-likeness (QED) is 0.942. The molecule has 24 heavy (non-hydrogen) atoms. The number of hydrogen-bond donors (Lipinski definition) is 1. The second-order valence-electron chi connectivity index (χ2n) is 7.07. The molecule has 1 N–H and O–H groups in total. The Balaban J connectivity index is 1.34. The van der Waals surface area contributed by atoms with Crippen LogP contribution in [0.25, 0.3) is 11.0 Å². The largest absolute Gasteiger partial charge is 0.381 e. The SMILES string of the molecule is O=C(NC1CCC(n2ccc3cccnc32)CC1)C1CCCOC1. The average molecular weight is 327 g/mol. The maximum Gasteiger partial charge on any atom is 0.225 e. The van der Waals surface area contributed by atoms with Crippen LogP contribution in [-0.2, 0) is 9.53 Å². The molecule has 0 radical (unpaired) electrons. The van der Waals surface area contributed by atoms with E-state index in [0.717, 1.165) is 50.8 Å². The Labute approximate surface area is 142 Å². The summed E-state index contributed by atoms with van der Waals surface area (Å²) in [5.41, 5.74) is 1.07. The molecule has 1 aliphatic heterocycles. The third-order valence-corrected chi connectivity index (χ3v) is 5.44. The topological polar surface area (TPSA) is 56.2 Å². The number of amides is 1. The summed E-state index contributed by atoms with van der Waals surface area (Å²) >= 11 is 0. The molecule has 1 saturated carbocycles. The molecule has 3 heterocycles. The maximum atomic E-state index is 12.3. The fourth-order valence-electron chi connectivity index (χ4n) is 4.05. The van der Waals surface area contributed by atoms with Crippen LogP contribution in [0.1, 0.15) is 44.6 Å². The van der Waals surface area contributed by atoms with Crippen LogP contribution in [0.4, 0.5) is 0 Å². The lowest BCUT2D eigenvalue weighted by Crippen LogP contribution is -2.43. The lowest BCUT2D eigenvalue weighted by Gasteiger charge is -2.31. The fraction of sp³-hybridized carbons (Fsp3) is 0.579. The van der Waals surface area contributed by atoms with Gasteiger partial charge in [0.15, 0.2) is 0 Å². The normalized spacial score (nSPS) is 27.9. The zero-order valence-electron chi connectivity index (χ0n) is 14.0. The van der Waals surface area contributed by atoms with Crippen LogP contribution in [0.2, 0.25) is 0 Å². The lowest BCUT2D eigenvalue weighted by molar-refractivity contribution is -0.129. The van der Waals surface area contributed by atoms with E-state index in [1.165, 1.54) is 5.39 Å². The molecule has 4 rings (SSSR count). The Kier molecular flexibility index (Phi) is 4.52. The van der Waals surface area contributed by atoms with Gasteiger partial charge in [0.2, 0.25) is 5.91 Å². The molecule has 2 aliphatic rings. The van der Waals surface area contributed by atoms with E-state index in [4.69, 9.17) is 4.74 Å². The zero-order valence-corrected chi connectivity index (χ0v) is 14.0. The highest BCUT2D eigenvalue weighted by molar-refractivity contribution is 5.79. The smallest absolute Gasteiger partial charge is 0.225 e. The molecule has 5 heteroatoms. The van der Waals surface area contributed by atoms with Crippen molar-refractivity contribution in [1.82, 2.24) is 14.9 Å². The number of carbonyl (C=O) groups is 1. The number of fused-ring (bicyclic) bond motifs is 1. The minimum absolute atomic E-state index is 0.0501. The summed E-state index contributed by atoms with van der Waals surface area (Å²) < 4.78 is 7.74. The van der Waals surface area contributed by atoms with Crippen LogP contribution in [0.5, 0.6) is 0 Å². The van der Waals surface area contributed by atoms with Crippen molar-refractivity contribution in [2.24, 2.45) is 5.92 Å². The molecule has 1 atom stereocenters. The van der Waals surface area contributed by atoms with Crippen molar-refractivity contribution in [3.63, 3.8) is 0 Å². The molecule has 0 bridgehead atoms. The van der Waals surface area contributed by atoms with Crippen molar-refractivity contribution in [3.05, 3.63) is 30.6 Å². The number of nitrogens with one attached hydrogen (secondary N) is 1. The van der Waals surface area contributed by atoms with E-state index in [2.05, 4.69) is 33.2 Å². The molecular formula is C19H25N3O2. The summed E-state index contributed by atoms with van der Waals surface area (Å²) in [6, 6.07) is 7.03. The number of nitrogens with zero attached hydrogens (tertiary/aromatic N) is 2. The molecule has 128 valence electrons. The number of rotatable bonds is 3. The van der Waals surface area contributed by atoms with E-state index < -0.39 is 0 Å². The highest BCUT2D eigenvalue weighted by Crippen LogP contribution is 2.31. The molecule has 1 saturated heterocycles. The zero-order chi connectivity index (χ0) is 16.4. The minimum atomic E-state index is 0.0501. The summed E-state index contributed by atoms with van der Waals surface area (Å²) in [5.74, 6) is 0.236. The molecule has 5 nitrogen and oxygen atoms in total. The fourth-order valence-corrected chi connectivity index (χ4v) is 4.05. The van der Waals surface area contributed by atoms with Crippen LogP contribution in [0.3, 0.4) is 0 Å². The van der Waals surface area contributed by atoms with Gasteiger partial charge in [-0.15, -0.1) is 0 Å². The van der Waals surface area contributed by atoms with Gasteiger partial charge in [-0.05, 0) is 56.7 Å². The van der Waals surface area contributed by atoms with Crippen LogP contribution in [-0.4, -0.2) is 34.7 Å². The van der Waals surface area contributed by atoms with Crippen LogP contribution >= 0.6 is 0 Å². The summed E-state index contributed by atoms with van der Waals surface area (Å²) in [6.45, 7) is 1.38. The number of ether oxygens (including phenoxy) is 1. The molecule has 0 spiro atoms. The van der Waals surface area contributed by atoms with E-state index in [1.807, 2.05) is 12.3 Å². The Hall–Kier alpha value is -1.88. The molecule has 1 aliphatic carbocycles. The first kappa shape index (κ1) is 15.6. The van der Waals surface area contributed by atoms with Crippen molar-refractivity contribution in [2.75, 3.05) is 13.2 Å². The third-order valence-electron chi connectivity index (χ3n) is 5.44. The summed E-state index contributed by atoms with van der Waals surface area (Å²) in [6.07, 6.45) is 10.2. The van der Waals surface area contributed by atoms with E-state index in [0.29, 0.717) is 18.7 Å². The number of hydrogen-bond acceptors (Lipinski definition) is 3. The average Bonchev–Trinajstić information content (AvgIpc) is 3.07. The second-order valence-corrected chi connectivity index (χ2v) is 7.07. The standard InChI is InChI=1S/C19H25N3O2/c23-19(15-4-2-12-24-13-15)21-16-5-7-17(8-6-16)22-11-9-14-3-1-10-20-18(14)22/h1,3,9-11,15-17H,2,4-8,12-13H2,(H,21,23). The van der Waals surface area contributed by atoms with Crippen molar-refractivity contribution in [3.8, 4) is 0 Å². The number of aromatic nitrogens is 2. The van der Waals surface area contributed by atoms with Gasteiger partial charge in [0, 0.05) is 36.5 Å². The Morgan fingerprint density at radius 3 is 2.88 bits per heavy atom. The van der Waals surface area contributed by atoms with Crippen LogP contribution < -0.4 is 5.32 Å². The monoisotopic (exact) mass is 327 g/mol. The van der Waals surface area contributed by atoms with Crippen molar-refractivity contribution in [2.45, 2.75) is 50.6 Å². The van der Waals surface area contributed by atoms with Crippen LogP contribution in [0, 0.1) is 5.92 Å². The highest BCUT2D eigenvalue weighted by atomic mass is 16.5. The van der Waals surface area contributed by atoms with E-state index in [-0.39, 0.29) is 11.8 Å². The molecule has 2 aromatic heterocycles. The van der Waals surface area contributed by atoms with Crippen LogP contribution in [0.15, 0.2) is 30.6 Å². The Morgan fingerprint density at radius 1 is 1.21 bits per heavy atom. The predicted molar refractivity (Wildman–Crippen MR) is 92.7 cm³/mol. The second kappa shape index (κ2) is 6.93. The van der Waals surface area contributed by atoms with Gasteiger partial charge >= 0.3 is 0 Å². The van der Waals surface area contributed by atoms with Gasteiger partial charge in [0.25, 0.3) is 0 Å². The van der Waals surface area contributed by atoms with E-state index in [1.54, 1.807) is 0 Å². The number of carbonyl (C=O) groups excluding carboxylic acids is 1. The van der Waals surface area contributed by atoms with Gasteiger partial charge in [0.05, 0.1) is 12.5 Å². The maximum absolute atomic E-state index is 12.3. The van der Waals surface area contributed by atoms with Crippen molar-refractivity contribution >= 4 is 16.9 Å². The van der Waals surface area contributed by atoms with E-state index in [9.17, 15) is 4.79 Å². The molecule has 1 unspecified atom stereocenters.